The van der Waals surface area contributed by atoms with Gasteiger partial charge in [0.1, 0.15) is 5.75 Å². The van der Waals surface area contributed by atoms with E-state index in [-0.39, 0.29) is 11.8 Å². The minimum Gasteiger partial charge on any atom is -0.493 e. The lowest BCUT2D eigenvalue weighted by molar-refractivity contribution is -0.139. The van der Waals surface area contributed by atoms with E-state index in [1.54, 1.807) is 24.3 Å². The molecule has 2 aliphatic rings. The third-order valence-electron chi connectivity index (χ3n) is 6.20. The second-order valence-electron chi connectivity index (χ2n) is 8.61. The van der Waals surface area contributed by atoms with Crippen molar-refractivity contribution >= 4 is 23.4 Å². The van der Waals surface area contributed by atoms with Crippen LogP contribution in [0.1, 0.15) is 29.6 Å². The van der Waals surface area contributed by atoms with Gasteiger partial charge in [-0.1, -0.05) is 35.9 Å². The molecule has 2 amide bonds. The average molecular weight is 457 g/mol. The molecule has 0 unspecified atom stereocenters. The molecule has 0 bridgehead atoms. The third-order valence-corrected chi connectivity index (χ3v) is 6.43. The zero-order valence-corrected chi connectivity index (χ0v) is 18.9. The highest BCUT2D eigenvalue weighted by molar-refractivity contribution is 6.30. The number of morpholine rings is 1. The van der Waals surface area contributed by atoms with E-state index in [2.05, 4.69) is 0 Å². The van der Waals surface area contributed by atoms with E-state index in [0.29, 0.717) is 63.0 Å². The summed E-state index contributed by atoms with van der Waals surface area (Å²) in [7, 11) is 0. The molecule has 2 fully saturated rings. The van der Waals surface area contributed by atoms with Crippen LogP contribution in [0.2, 0.25) is 5.02 Å². The lowest BCUT2D eigenvalue weighted by Crippen LogP contribution is -2.52. The highest BCUT2D eigenvalue weighted by Gasteiger charge is 2.41. The molecule has 0 radical (unpaired) electrons. The first-order valence-corrected chi connectivity index (χ1v) is 11.5. The molecule has 0 N–H and O–H groups in total. The molecule has 7 heteroatoms. The standard InChI is InChI=1S/C25H29ClN2O4/c26-21-7-4-6-20(16-21)24(30)28-11-5-10-25(18-28,19-32-22-8-2-1-3-9-22)17-23(29)27-12-14-31-15-13-27/h1-4,6-9,16H,5,10-15,17-19H2/t25-/m0/s1. The number of amides is 2. The van der Waals surface area contributed by atoms with Crippen LogP contribution in [0.4, 0.5) is 0 Å². The maximum atomic E-state index is 13.2. The number of hydrogen-bond acceptors (Lipinski definition) is 4. The number of rotatable bonds is 6. The van der Waals surface area contributed by atoms with Crippen molar-refractivity contribution in [1.82, 2.24) is 9.80 Å². The molecule has 0 spiro atoms. The van der Waals surface area contributed by atoms with Gasteiger partial charge in [-0.3, -0.25) is 9.59 Å². The smallest absolute Gasteiger partial charge is 0.253 e. The van der Waals surface area contributed by atoms with E-state index in [1.165, 1.54) is 0 Å². The maximum Gasteiger partial charge on any atom is 0.253 e. The summed E-state index contributed by atoms with van der Waals surface area (Å²) in [5.74, 6) is 0.807. The number of hydrogen-bond donors (Lipinski definition) is 0. The van der Waals surface area contributed by atoms with Gasteiger partial charge in [0.15, 0.2) is 0 Å². The van der Waals surface area contributed by atoms with Crippen LogP contribution in [-0.4, -0.2) is 67.6 Å². The number of carbonyl (C=O) groups excluding carboxylic acids is 2. The summed E-state index contributed by atoms with van der Waals surface area (Å²) in [6.07, 6.45) is 2.00. The number of nitrogens with zero attached hydrogens (tertiary/aromatic N) is 2. The van der Waals surface area contributed by atoms with Gasteiger partial charge in [-0.2, -0.15) is 0 Å². The first-order valence-electron chi connectivity index (χ1n) is 11.1. The molecule has 0 saturated carbocycles. The van der Waals surface area contributed by atoms with E-state index in [9.17, 15) is 9.59 Å². The van der Waals surface area contributed by atoms with Crippen LogP contribution in [0.5, 0.6) is 5.75 Å². The van der Waals surface area contributed by atoms with E-state index in [0.717, 1.165) is 18.6 Å². The second kappa shape index (κ2) is 10.4. The molecular weight excluding hydrogens is 428 g/mol. The van der Waals surface area contributed by atoms with Gasteiger partial charge < -0.3 is 19.3 Å². The first kappa shape index (κ1) is 22.6. The highest BCUT2D eigenvalue weighted by atomic mass is 35.5. The topological polar surface area (TPSA) is 59.1 Å². The number of carbonyl (C=O) groups is 2. The lowest BCUT2D eigenvalue weighted by Gasteiger charge is -2.43. The van der Waals surface area contributed by atoms with E-state index in [1.807, 2.05) is 40.1 Å². The minimum absolute atomic E-state index is 0.0601. The summed E-state index contributed by atoms with van der Waals surface area (Å²) >= 11 is 6.11. The van der Waals surface area contributed by atoms with Crippen molar-refractivity contribution in [2.75, 3.05) is 46.0 Å². The summed E-state index contributed by atoms with van der Waals surface area (Å²) in [5.41, 5.74) is 0.120. The van der Waals surface area contributed by atoms with Crippen LogP contribution in [0.3, 0.4) is 0 Å². The van der Waals surface area contributed by atoms with Crippen LogP contribution in [0, 0.1) is 5.41 Å². The fourth-order valence-corrected chi connectivity index (χ4v) is 4.69. The SMILES string of the molecule is O=C(C[C@@]1(COc2ccccc2)CCCN(C(=O)c2cccc(Cl)c2)C1)N1CCOCC1. The monoisotopic (exact) mass is 456 g/mol. The van der Waals surface area contributed by atoms with Gasteiger partial charge >= 0.3 is 0 Å². The number of para-hydroxylation sites is 1. The molecule has 2 aliphatic heterocycles. The van der Waals surface area contributed by atoms with Crippen molar-refractivity contribution in [1.29, 1.82) is 0 Å². The Morgan fingerprint density at radius 1 is 1.00 bits per heavy atom. The zero-order valence-electron chi connectivity index (χ0n) is 18.2. The lowest BCUT2D eigenvalue weighted by atomic mass is 9.77. The number of benzene rings is 2. The Labute approximate surface area is 194 Å². The van der Waals surface area contributed by atoms with E-state index in [4.69, 9.17) is 21.1 Å². The number of ether oxygens (including phenoxy) is 2. The fourth-order valence-electron chi connectivity index (χ4n) is 4.50. The Balaban J connectivity index is 1.52. The molecule has 2 aromatic carbocycles. The highest BCUT2D eigenvalue weighted by Crippen LogP contribution is 2.36. The van der Waals surface area contributed by atoms with Crippen LogP contribution in [0.15, 0.2) is 54.6 Å². The van der Waals surface area contributed by atoms with Gasteiger partial charge in [-0.15, -0.1) is 0 Å². The van der Waals surface area contributed by atoms with Crippen LogP contribution < -0.4 is 4.74 Å². The van der Waals surface area contributed by atoms with Gasteiger partial charge in [0.25, 0.3) is 5.91 Å². The van der Waals surface area contributed by atoms with Crippen LogP contribution in [-0.2, 0) is 9.53 Å². The Kier molecular flexibility index (Phi) is 7.33. The summed E-state index contributed by atoms with van der Waals surface area (Å²) in [4.78, 5) is 30.1. The average Bonchev–Trinajstić information content (AvgIpc) is 2.84. The minimum atomic E-state index is -0.447. The summed E-state index contributed by atoms with van der Waals surface area (Å²) < 4.78 is 11.5. The molecule has 0 aliphatic carbocycles. The van der Waals surface area contributed by atoms with Crippen molar-refractivity contribution < 1.29 is 19.1 Å². The fraction of sp³-hybridized carbons (Fsp3) is 0.440. The Morgan fingerprint density at radius 2 is 1.78 bits per heavy atom. The van der Waals surface area contributed by atoms with Gasteiger partial charge in [-0.05, 0) is 43.2 Å². The molecule has 2 aromatic rings. The van der Waals surface area contributed by atoms with Crippen molar-refractivity contribution in [3.63, 3.8) is 0 Å². The number of halogens is 1. The third kappa shape index (κ3) is 5.61. The molecular formula is C25H29ClN2O4. The summed E-state index contributed by atoms with van der Waals surface area (Å²) in [5, 5.41) is 0.536. The molecule has 4 rings (SSSR count). The predicted octanol–water partition coefficient (Wildman–Crippen LogP) is 3.89. The maximum absolute atomic E-state index is 13.2. The molecule has 6 nitrogen and oxygen atoms in total. The van der Waals surface area contributed by atoms with Crippen molar-refractivity contribution in [3.8, 4) is 5.75 Å². The van der Waals surface area contributed by atoms with Crippen molar-refractivity contribution in [3.05, 3.63) is 65.2 Å². The molecule has 1 atom stereocenters. The summed E-state index contributed by atoms with van der Waals surface area (Å²) in [6.45, 7) is 3.87. The van der Waals surface area contributed by atoms with E-state index < -0.39 is 5.41 Å². The van der Waals surface area contributed by atoms with Crippen LogP contribution in [0.25, 0.3) is 0 Å². The Hall–Kier alpha value is -2.57. The Morgan fingerprint density at radius 3 is 2.53 bits per heavy atom. The van der Waals surface area contributed by atoms with Crippen molar-refractivity contribution in [2.45, 2.75) is 19.3 Å². The molecule has 0 aromatic heterocycles. The van der Waals surface area contributed by atoms with Crippen molar-refractivity contribution in [2.24, 2.45) is 5.41 Å². The quantitative estimate of drug-likeness (QED) is 0.661. The predicted molar refractivity (Wildman–Crippen MR) is 123 cm³/mol. The zero-order chi connectivity index (χ0) is 22.4. The number of likely N-dealkylation sites (tertiary alicyclic amines) is 1. The first-order chi connectivity index (χ1) is 15.5. The van der Waals surface area contributed by atoms with Gasteiger partial charge in [0, 0.05) is 48.6 Å². The largest absolute Gasteiger partial charge is 0.493 e. The number of piperidine rings is 1. The molecule has 32 heavy (non-hydrogen) atoms. The molecule has 2 heterocycles. The molecule has 2 saturated heterocycles. The normalized spacial score (nSPS) is 21.3. The molecule has 170 valence electrons. The van der Waals surface area contributed by atoms with Crippen LogP contribution >= 0.6 is 11.6 Å². The van der Waals surface area contributed by atoms with E-state index >= 15 is 0 Å². The van der Waals surface area contributed by atoms with Gasteiger partial charge in [0.05, 0.1) is 19.8 Å². The second-order valence-corrected chi connectivity index (χ2v) is 9.05. The van der Waals surface area contributed by atoms with Gasteiger partial charge in [-0.25, -0.2) is 0 Å². The summed E-state index contributed by atoms with van der Waals surface area (Å²) in [6, 6.07) is 16.6. The Bertz CT molecular complexity index is 933. The van der Waals surface area contributed by atoms with Gasteiger partial charge in [0.2, 0.25) is 5.91 Å².